The van der Waals surface area contributed by atoms with Gasteiger partial charge in [0, 0.05) is 13.1 Å². The van der Waals surface area contributed by atoms with Crippen LogP contribution in [0.2, 0.25) is 0 Å². The van der Waals surface area contributed by atoms with Crippen molar-refractivity contribution < 1.29 is 23.7 Å². The lowest BCUT2D eigenvalue weighted by Crippen LogP contribution is -2.52. The van der Waals surface area contributed by atoms with Gasteiger partial charge in [-0.25, -0.2) is 0 Å². The van der Waals surface area contributed by atoms with Crippen LogP contribution in [-0.2, 0) is 23.7 Å². The average Bonchev–Trinajstić information content (AvgIpc) is 3.07. The summed E-state index contributed by atoms with van der Waals surface area (Å²) in [6, 6.07) is -0.0183. The summed E-state index contributed by atoms with van der Waals surface area (Å²) in [7, 11) is 0. The van der Waals surface area contributed by atoms with Gasteiger partial charge >= 0.3 is 0 Å². The molecule has 3 saturated heterocycles. The maximum Gasteiger partial charge on any atom is 0.189 e. The summed E-state index contributed by atoms with van der Waals surface area (Å²) >= 11 is 0. The molecule has 3 rings (SSSR count). The molecule has 24 heavy (non-hydrogen) atoms. The summed E-state index contributed by atoms with van der Waals surface area (Å²) in [5.74, 6) is -1.25. The first-order valence-corrected chi connectivity index (χ1v) is 8.55. The van der Waals surface area contributed by atoms with E-state index in [9.17, 15) is 0 Å². The highest BCUT2D eigenvalue weighted by molar-refractivity contribution is 5.04. The maximum absolute atomic E-state index is 6.22. The van der Waals surface area contributed by atoms with E-state index in [1.54, 1.807) is 0 Å². The van der Waals surface area contributed by atoms with Crippen molar-refractivity contribution >= 4 is 0 Å². The fraction of sp³-hybridized carbons (Fsp3) is 0.778. The van der Waals surface area contributed by atoms with Crippen LogP contribution in [0.15, 0.2) is 25.3 Å². The molecule has 0 aromatic rings. The van der Waals surface area contributed by atoms with E-state index >= 15 is 0 Å². The van der Waals surface area contributed by atoms with Gasteiger partial charge in [-0.15, -0.1) is 13.2 Å². The Bertz CT molecular complexity index is 482. The van der Waals surface area contributed by atoms with E-state index in [1.807, 2.05) is 39.8 Å². The van der Waals surface area contributed by atoms with E-state index in [4.69, 9.17) is 23.7 Å². The predicted molar refractivity (Wildman–Crippen MR) is 89.4 cm³/mol. The molecule has 6 heteroatoms. The minimum atomic E-state index is -0.654. The van der Waals surface area contributed by atoms with Gasteiger partial charge < -0.3 is 23.7 Å². The molecule has 0 bridgehead atoms. The van der Waals surface area contributed by atoms with Gasteiger partial charge in [-0.3, -0.25) is 4.90 Å². The Labute approximate surface area is 144 Å². The lowest BCUT2D eigenvalue weighted by molar-refractivity contribution is -0.227. The van der Waals surface area contributed by atoms with Crippen molar-refractivity contribution in [3.63, 3.8) is 0 Å². The third-order valence-corrected chi connectivity index (χ3v) is 4.60. The first-order chi connectivity index (χ1) is 11.3. The van der Waals surface area contributed by atoms with Gasteiger partial charge in [0.1, 0.15) is 18.3 Å². The van der Waals surface area contributed by atoms with Crippen molar-refractivity contribution in [1.29, 1.82) is 0 Å². The molecular formula is C18H29NO5. The number of ether oxygens (including phenoxy) is 5. The van der Waals surface area contributed by atoms with Crippen LogP contribution in [-0.4, -0.2) is 66.8 Å². The molecule has 0 radical (unpaired) electrons. The van der Waals surface area contributed by atoms with Crippen LogP contribution in [0.25, 0.3) is 0 Å². The van der Waals surface area contributed by atoms with Crippen LogP contribution in [0.3, 0.4) is 0 Å². The zero-order chi connectivity index (χ0) is 17.5. The maximum atomic E-state index is 6.22. The van der Waals surface area contributed by atoms with E-state index in [1.165, 1.54) is 0 Å². The van der Waals surface area contributed by atoms with Gasteiger partial charge in [0.15, 0.2) is 17.9 Å². The summed E-state index contributed by atoms with van der Waals surface area (Å²) in [5.41, 5.74) is 0. The van der Waals surface area contributed by atoms with Gasteiger partial charge in [0.2, 0.25) is 0 Å². The summed E-state index contributed by atoms with van der Waals surface area (Å²) in [6.07, 6.45) is 2.81. The SMILES string of the molecule is C=CCN(CC=C)[C@@H]1[C@H]2OC(C)(C)O[C@H]2O[C@@H]1[C@H]1COC(C)(C)O1. The predicted octanol–water partition coefficient (Wildman–Crippen LogP) is 2.06. The van der Waals surface area contributed by atoms with Crippen molar-refractivity contribution in [3.05, 3.63) is 25.3 Å². The van der Waals surface area contributed by atoms with Crippen LogP contribution < -0.4 is 0 Å². The molecule has 3 aliphatic rings. The molecule has 0 saturated carbocycles. The Balaban J connectivity index is 1.84. The van der Waals surface area contributed by atoms with Crippen molar-refractivity contribution in [1.82, 2.24) is 4.90 Å². The van der Waals surface area contributed by atoms with Crippen LogP contribution in [0.5, 0.6) is 0 Å². The molecule has 5 atom stereocenters. The zero-order valence-corrected chi connectivity index (χ0v) is 15.1. The minimum Gasteiger partial charge on any atom is -0.348 e. The van der Waals surface area contributed by atoms with Crippen molar-refractivity contribution in [2.45, 2.75) is 69.9 Å². The van der Waals surface area contributed by atoms with Gasteiger partial charge in [0.05, 0.1) is 12.6 Å². The lowest BCUT2D eigenvalue weighted by atomic mass is 10.0. The third-order valence-electron chi connectivity index (χ3n) is 4.60. The Kier molecular flexibility index (Phi) is 4.90. The second-order valence-electron chi connectivity index (χ2n) is 7.46. The highest BCUT2D eigenvalue weighted by atomic mass is 16.8. The smallest absolute Gasteiger partial charge is 0.189 e. The zero-order valence-electron chi connectivity index (χ0n) is 15.1. The van der Waals surface area contributed by atoms with Crippen LogP contribution in [0.4, 0.5) is 0 Å². The van der Waals surface area contributed by atoms with Gasteiger partial charge in [-0.2, -0.15) is 0 Å². The second kappa shape index (κ2) is 6.52. The number of nitrogens with zero attached hydrogens (tertiary/aromatic N) is 1. The summed E-state index contributed by atoms with van der Waals surface area (Å²) in [5, 5.41) is 0. The largest absolute Gasteiger partial charge is 0.348 e. The highest BCUT2D eigenvalue weighted by Gasteiger charge is 2.59. The molecule has 0 aromatic heterocycles. The molecule has 6 nitrogen and oxygen atoms in total. The van der Waals surface area contributed by atoms with Crippen LogP contribution >= 0.6 is 0 Å². The fourth-order valence-corrected chi connectivity index (χ4v) is 3.77. The Hall–Kier alpha value is -0.760. The summed E-state index contributed by atoms with van der Waals surface area (Å²) in [6.45, 7) is 17.3. The molecule has 0 amide bonds. The Morgan fingerprint density at radius 2 is 1.62 bits per heavy atom. The van der Waals surface area contributed by atoms with E-state index in [-0.39, 0.29) is 24.4 Å². The minimum absolute atomic E-state index is 0.0183. The summed E-state index contributed by atoms with van der Waals surface area (Å²) in [4.78, 5) is 2.24. The molecule has 0 aliphatic carbocycles. The Morgan fingerprint density at radius 1 is 0.958 bits per heavy atom. The van der Waals surface area contributed by atoms with Crippen LogP contribution in [0.1, 0.15) is 27.7 Å². The molecule has 3 aliphatic heterocycles. The lowest BCUT2D eigenvalue weighted by Gasteiger charge is -2.35. The van der Waals surface area contributed by atoms with E-state index in [0.29, 0.717) is 19.7 Å². The number of rotatable bonds is 6. The fourth-order valence-electron chi connectivity index (χ4n) is 3.77. The molecular weight excluding hydrogens is 310 g/mol. The standard InChI is InChI=1S/C18H29NO5/c1-7-9-19(10-8-2)13-14(12-11-20-17(3,4)22-12)21-16-15(13)23-18(5,6)24-16/h7-8,12-16H,1-2,9-11H2,3-6H3/t12-,13+,14-,15-,16-/m1/s1. The topological polar surface area (TPSA) is 49.4 Å². The first-order valence-electron chi connectivity index (χ1n) is 8.55. The van der Waals surface area contributed by atoms with E-state index in [2.05, 4.69) is 18.1 Å². The van der Waals surface area contributed by atoms with Crippen molar-refractivity contribution in [2.24, 2.45) is 0 Å². The normalized spacial score (nSPS) is 40.0. The molecule has 0 N–H and O–H groups in total. The molecule has 0 aromatic carbocycles. The quantitative estimate of drug-likeness (QED) is 0.691. The molecule has 136 valence electrons. The number of fused-ring (bicyclic) bond motifs is 1. The number of hydrogen-bond donors (Lipinski definition) is 0. The highest BCUT2D eigenvalue weighted by Crippen LogP contribution is 2.42. The van der Waals surface area contributed by atoms with Crippen molar-refractivity contribution in [2.75, 3.05) is 19.7 Å². The Morgan fingerprint density at radius 3 is 2.17 bits per heavy atom. The van der Waals surface area contributed by atoms with Gasteiger partial charge in [0.25, 0.3) is 0 Å². The molecule has 0 unspecified atom stereocenters. The van der Waals surface area contributed by atoms with E-state index < -0.39 is 17.9 Å². The van der Waals surface area contributed by atoms with E-state index in [0.717, 1.165) is 0 Å². The second-order valence-corrected chi connectivity index (χ2v) is 7.46. The third kappa shape index (κ3) is 3.45. The summed E-state index contributed by atoms with van der Waals surface area (Å²) < 4.78 is 30.1. The first kappa shape index (κ1) is 18.0. The average molecular weight is 339 g/mol. The van der Waals surface area contributed by atoms with Crippen molar-refractivity contribution in [3.8, 4) is 0 Å². The number of hydrogen-bond acceptors (Lipinski definition) is 6. The molecule has 3 fully saturated rings. The molecule has 0 spiro atoms. The van der Waals surface area contributed by atoms with Gasteiger partial charge in [-0.1, -0.05) is 12.2 Å². The molecule has 3 heterocycles. The monoisotopic (exact) mass is 339 g/mol. The van der Waals surface area contributed by atoms with Gasteiger partial charge in [-0.05, 0) is 27.7 Å². The van der Waals surface area contributed by atoms with Crippen LogP contribution in [0, 0.1) is 0 Å².